The van der Waals surface area contributed by atoms with Gasteiger partial charge in [-0.05, 0) is 91.2 Å². The molecule has 3 nitrogen and oxygen atoms in total. The molecular formula is C26H38O3Si. The number of rotatable bonds is 3. The Morgan fingerprint density at radius 3 is 2.43 bits per heavy atom. The second-order valence-corrected chi connectivity index (χ2v) is 15.3. The Hall–Kier alpha value is -1.28. The van der Waals surface area contributed by atoms with Gasteiger partial charge in [-0.2, -0.15) is 0 Å². The highest BCUT2D eigenvalue weighted by Crippen LogP contribution is 2.65. The molecule has 6 atom stereocenters. The normalized spacial score (nSPS) is 37.5. The van der Waals surface area contributed by atoms with Gasteiger partial charge in [0.2, 0.25) is 0 Å². The zero-order chi connectivity index (χ0) is 21.7. The van der Waals surface area contributed by atoms with Crippen molar-refractivity contribution >= 4 is 8.07 Å². The van der Waals surface area contributed by atoms with Crippen molar-refractivity contribution < 1.29 is 15.3 Å². The van der Waals surface area contributed by atoms with Crippen LogP contribution in [0.2, 0.25) is 18.1 Å². The summed E-state index contributed by atoms with van der Waals surface area (Å²) in [5, 5.41) is 32.6. The van der Waals surface area contributed by atoms with E-state index in [1.807, 2.05) is 6.07 Å². The third kappa shape index (κ3) is 3.17. The van der Waals surface area contributed by atoms with E-state index in [-0.39, 0.29) is 11.2 Å². The number of fused-ring (bicyclic) bond motifs is 5. The summed E-state index contributed by atoms with van der Waals surface area (Å²) in [4.78, 5) is 0. The maximum Gasteiger partial charge on any atom is 0.137 e. The minimum Gasteiger partial charge on any atom is -0.508 e. The number of phenols is 1. The summed E-state index contributed by atoms with van der Waals surface area (Å²) >= 11 is 0. The molecule has 4 rings (SSSR count). The topological polar surface area (TPSA) is 60.7 Å². The van der Waals surface area contributed by atoms with E-state index >= 15 is 0 Å². The first kappa shape index (κ1) is 21.9. The van der Waals surface area contributed by atoms with E-state index in [4.69, 9.17) is 0 Å². The number of benzene rings is 1. The lowest BCUT2D eigenvalue weighted by atomic mass is 9.53. The molecular weight excluding hydrogens is 388 g/mol. The molecule has 0 spiro atoms. The van der Waals surface area contributed by atoms with Crippen LogP contribution in [0.5, 0.6) is 5.75 Å². The number of hydrogen-bond acceptors (Lipinski definition) is 3. The average molecular weight is 427 g/mol. The summed E-state index contributed by atoms with van der Waals surface area (Å²) in [5.74, 6) is 4.89. The van der Waals surface area contributed by atoms with E-state index in [1.165, 1.54) is 5.56 Å². The zero-order valence-electron chi connectivity index (χ0n) is 19.0. The van der Waals surface area contributed by atoms with Crippen LogP contribution in [0.1, 0.15) is 82.9 Å². The SMILES string of the molecule is CC[Si](C#C[C@]1(O)CC[C@H]2[C@@H]3C[C@@H](O)c4cc(O)ccc4[C@H]3CC[C@@]21C)(CC)CC. The maximum atomic E-state index is 11.8. The van der Waals surface area contributed by atoms with E-state index in [0.29, 0.717) is 17.8 Å². The Labute approximate surface area is 182 Å². The van der Waals surface area contributed by atoms with Crippen molar-refractivity contribution in [2.45, 2.75) is 95.6 Å². The second-order valence-electron chi connectivity index (χ2n) is 10.4. The van der Waals surface area contributed by atoms with Crippen molar-refractivity contribution in [1.82, 2.24) is 0 Å². The third-order valence-corrected chi connectivity index (χ3v) is 14.2. The van der Waals surface area contributed by atoms with Crippen molar-refractivity contribution in [2.75, 3.05) is 0 Å². The van der Waals surface area contributed by atoms with Crippen LogP contribution in [0.3, 0.4) is 0 Å². The molecule has 1 aromatic rings. The van der Waals surface area contributed by atoms with E-state index in [2.05, 4.69) is 39.2 Å². The van der Waals surface area contributed by atoms with E-state index in [1.54, 1.807) is 12.1 Å². The predicted octanol–water partition coefficient (Wildman–Crippen LogP) is 5.52. The summed E-state index contributed by atoms with van der Waals surface area (Å²) in [7, 11) is -1.60. The predicted molar refractivity (Wildman–Crippen MR) is 124 cm³/mol. The average Bonchev–Trinajstić information content (AvgIpc) is 3.01. The molecule has 3 aliphatic carbocycles. The highest BCUT2D eigenvalue weighted by molar-refractivity contribution is 6.87. The number of aliphatic hydroxyl groups is 2. The van der Waals surface area contributed by atoms with E-state index in [0.717, 1.165) is 55.8 Å². The molecule has 0 amide bonds. The first-order valence-corrected chi connectivity index (χ1v) is 14.6. The Morgan fingerprint density at radius 2 is 1.77 bits per heavy atom. The molecule has 0 radical (unpaired) electrons. The molecule has 164 valence electrons. The molecule has 0 unspecified atom stereocenters. The second kappa shape index (κ2) is 7.69. The molecule has 30 heavy (non-hydrogen) atoms. The maximum absolute atomic E-state index is 11.8. The lowest BCUT2D eigenvalue weighted by Gasteiger charge is -2.52. The molecule has 3 N–H and O–H groups in total. The van der Waals surface area contributed by atoms with Crippen LogP contribution < -0.4 is 0 Å². The zero-order valence-corrected chi connectivity index (χ0v) is 20.0. The molecule has 0 bridgehead atoms. The van der Waals surface area contributed by atoms with E-state index < -0.39 is 19.8 Å². The van der Waals surface area contributed by atoms with Gasteiger partial charge in [0.1, 0.15) is 19.4 Å². The van der Waals surface area contributed by atoms with Crippen LogP contribution in [-0.4, -0.2) is 29.0 Å². The lowest BCUT2D eigenvalue weighted by Crippen LogP contribution is -2.50. The van der Waals surface area contributed by atoms with Crippen LogP contribution in [-0.2, 0) is 0 Å². The smallest absolute Gasteiger partial charge is 0.137 e. The van der Waals surface area contributed by atoms with Gasteiger partial charge in [0.25, 0.3) is 0 Å². The number of aliphatic hydroxyl groups excluding tert-OH is 1. The fraction of sp³-hybridized carbons (Fsp3) is 0.692. The highest BCUT2D eigenvalue weighted by Gasteiger charge is 2.61. The summed E-state index contributed by atoms with van der Waals surface area (Å²) in [6.45, 7) is 9.06. The summed E-state index contributed by atoms with van der Waals surface area (Å²) < 4.78 is 0. The van der Waals surface area contributed by atoms with Crippen LogP contribution in [0.15, 0.2) is 18.2 Å². The van der Waals surface area contributed by atoms with Crippen molar-refractivity contribution in [1.29, 1.82) is 0 Å². The quantitative estimate of drug-likeness (QED) is 0.440. The molecule has 0 aliphatic heterocycles. The molecule has 0 saturated heterocycles. The van der Waals surface area contributed by atoms with Gasteiger partial charge in [0.05, 0.1) is 6.10 Å². The minimum atomic E-state index is -1.60. The first-order valence-electron chi connectivity index (χ1n) is 12.0. The number of hydrogen-bond donors (Lipinski definition) is 3. The molecule has 1 aromatic carbocycles. The molecule has 0 heterocycles. The van der Waals surface area contributed by atoms with Gasteiger partial charge >= 0.3 is 0 Å². The van der Waals surface area contributed by atoms with Crippen molar-refractivity contribution in [2.24, 2.45) is 17.3 Å². The summed E-state index contributed by atoms with van der Waals surface area (Å²) in [6, 6.07) is 8.98. The van der Waals surface area contributed by atoms with Gasteiger partial charge in [-0.1, -0.05) is 39.7 Å². The summed E-state index contributed by atoms with van der Waals surface area (Å²) in [5.41, 5.74) is 4.69. The molecule has 2 fully saturated rings. The number of aromatic hydroxyl groups is 1. The van der Waals surface area contributed by atoms with Crippen LogP contribution >= 0.6 is 0 Å². The monoisotopic (exact) mass is 426 g/mol. The fourth-order valence-corrected chi connectivity index (χ4v) is 9.55. The number of phenolic OH excluding ortho intramolecular Hbond substituents is 1. The van der Waals surface area contributed by atoms with E-state index in [9.17, 15) is 15.3 Å². The third-order valence-electron chi connectivity index (χ3n) is 9.48. The Balaban J connectivity index is 1.67. The lowest BCUT2D eigenvalue weighted by molar-refractivity contribution is -0.0730. The molecule has 3 aliphatic rings. The minimum absolute atomic E-state index is 0.204. The van der Waals surface area contributed by atoms with Crippen molar-refractivity contribution in [3.8, 4) is 17.2 Å². The Bertz CT molecular complexity index is 859. The van der Waals surface area contributed by atoms with Crippen LogP contribution in [0, 0.1) is 28.7 Å². The van der Waals surface area contributed by atoms with Gasteiger partial charge in [-0.3, -0.25) is 0 Å². The summed E-state index contributed by atoms with van der Waals surface area (Å²) in [6.07, 6.45) is 3.93. The van der Waals surface area contributed by atoms with Crippen molar-refractivity contribution in [3.63, 3.8) is 0 Å². The van der Waals surface area contributed by atoms with Gasteiger partial charge in [0, 0.05) is 5.41 Å². The Morgan fingerprint density at radius 1 is 1.07 bits per heavy atom. The Kier molecular flexibility index (Phi) is 5.62. The van der Waals surface area contributed by atoms with Crippen LogP contribution in [0.25, 0.3) is 0 Å². The first-order chi connectivity index (χ1) is 14.2. The highest BCUT2D eigenvalue weighted by atomic mass is 28.3. The van der Waals surface area contributed by atoms with Gasteiger partial charge in [-0.15, -0.1) is 5.54 Å². The largest absolute Gasteiger partial charge is 0.508 e. The fourth-order valence-electron chi connectivity index (χ4n) is 7.05. The molecule has 2 saturated carbocycles. The van der Waals surface area contributed by atoms with Gasteiger partial charge in [0.15, 0.2) is 0 Å². The van der Waals surface area contributed by atoms with Crippen LogP contribution in [0.4, 0.5) is 0 Å². The standard InChI is InChI=1S/C26H38O3Si/c1-5-30(6-2,7-3)15-14-26(29)13-11-23-21-17-24(28)22-16-18(27)8-9-19(22)20(21)10-12-25(23,26)4/h8-9,16,20-21,23-24,27-29H,5-7,10-13,17H2,1-4H3/t20-,21-,23+,24-,25+,26-/m1/s1. The van der Waals surface area contributed by atoms with Gasteiger partial charge < -0.3 is 15.3 Å². The van der Waals surface area contributed by atoms with Gasteiger partial charge in [-0.25, -0.2) is 0 Å². The molecule has 4 heteroatoms. The molecule has 0 aromatic heterocycles. The van der Waals surface area contributed by atoms with Crippen molar-refractivity contribution in [3.05, 3.63) is 29.3 Å².